The van der Waals surface area contributed by atoms with Crippen molar-refractivity contribution in [3.63, 3.8) is 0 Å². The zero-order chi connectivity index (χ0) is 12.3. The SMILES string of the molecule is O=C(O)C(Cl)CN1CCCCc2ccccc21. The number of carboxylic acid groups (broad SMARTS) is 1. The van der Waals surface area contributed by atoms with Crippen LogP contribution in [0.5, 0.6) is 0 Å². The van der Waals surface area contributed by atoms with Crippen LogP contribution in [0.1, 0.15) is 18.4 Å². The zero-order valence-electron chi connectivity index (χ0n) is 9.60. The van der Waals surface area contributed by atoms with Gasteiger partial charge >= 0.3 is 5.97 Å². The number of aliphatic carboxylic acids is 1. The normalized spacial score (nSPS) is 17.1. The number of hydrogen-bond donors (Lipinski definition) is 1. The predicted molar refractivity (Wildman–Crippen MR) is 68.9 cm³/mol. The Labute approximate surface area is 106 Å². The van der Waals surface area contributed by atoms with Gasteiger partial charge in [0.15, 0.2) is 0 Å². The van der Waals surface area contributed by atoms with E-state index in [9.17, 15) is 4.79 Å². The maximum absolute atomic E-state index is 10.8. The highest BCUT2D eigenvalue weighted by atomic mass is 35.5. The molecule has 1 aromatic carbocycles. The molecule has 4 heteroatoms. The van der Waals surface area contributed by atoms with E-state index in [1.54, 1.807) is 0 Å². The summed E-state index contributed by atoms with van der Waals surface area (Å²) in [7, 11) is 0. The molecule has 0 radical (unpaired) electrons. The number of carboxylic acids is 1. The van der Waals surface area contributed by atoms with Crippen molar-refractivity contribution >= 4 is 23.3 Å². The topological polar surface area (TPSA) is 40.5 Å². The number of carbonyl (C=O) groups is 1. The molecule has 0 saturated carbocycles. The Hall–Kier alpha value is -1.22. The minimum Gasteiger partial charge on any atom is -0.480 e. The molecule has 1 unspecified atom stereocenters. The van der Waals surface area contributed by atoms with Crippen LogP contribution in [-0.2, 0) is 11.2 Å². The van der Waals surface area contributed by atoms with E-state index >= 15 is 0 Å². The van der Waals surface area contributed by atoms with Gasteiger partial charge < -0.3 is 10.0 Å². The third-order valence-corrected chi connectivity index (χ3v) is 3.43. The van der Waals surface area contributed by atoms with Crippen molar-refractivity contribution in [2.24, 2.45) is 0 Å². The van der Waals surface area contributed by atoms with Gasteiger partial charge in [0.05, 0.1) is 0 Å². The fourth-order valence-corrected chi connectivity index (χ4v) is 2.40. The highest BCUT2D eigenvalue weighted by molar-refractivity contribution is 6.30. The van der Waals surface area contributed by atoms with E-state index in [0.717, 1.165) is 31.5 Å². The summed E-state index contributed by atoms with van der Waals surface area (Å²) in [4.78, 5) is 12.9. The number of nitrogens with zero attached hydrogens (tertiary/aromatic N) is 1. The van der Waals surface area contributed by atoms with Crippen molar-refractivity contribution < 1.29 is 9.90 Å². The first-order valence-corrected chi connectivity index (χ1v) is 6.32. The quantitative estimate of drug-likeness (QED) is 0.842. The number of rotatable bonds is 3. The first-order valence-electron chi connectivity index (χ1n) is 5.88. The van der Waals surface area contributed by atoms with E-state index in [0.29, 0.717) is 6.54 Å². The number of benzene rings is 1. The summed E-state index contributed by atoms with van der Waals surface area (Å²) in [6.07, 6.45) is 3.29. The predicted octanol–water partition coefficient (Wildman–Crippen LogP) is 2.52. The summed E-state index contributed by atoms with van der Waals surface area (Å²) in [5, 5.41) is 8.03. The van der Waals surface area contributed by atoms with Gasteiger partial charge in [-0.3, -0.25) is 4.79 Å². The van der Waals surface area contributed by atoms with Crippen LogP contribution in [0, 0.1) is 0 Å². The summed E-state index contributed by atoms with van der Waals surface area (Å²) in [6, 6.07) is 8.17. The average Bonchev–Trinajstić information content (AvgIpc) is 2.52. The molecule has 1 N–H and O–H groups in total. The lowest BCUT2D eigenvalue weighted by Gasteiger charge is -2.25. The number of aryl methyl sites for hydroxylation is 1. The minimum atomic E-state index is -0.951. The fraction of sp³-hybridized carbons (Fsp3) is 0.462. The molecule has 1 aromatic rings. The van der Waals surface area contributed by atoms with Crippen LogP contribution >= 0.6 is 11.6 Å². The van der Waals surface area contributed by atoms with Gasteiger partial charge in [-0.25, -0.2) is 0 Å². The Balaban J connectivity index is 2.20. The molecule has 0 bridgehead atoms. The van der Waals surface area contributed by atoms with Gasteiger partial charge in [0, 0.05) is 18.8 Å². The van der Waals surface area contributed by atoms with Crippen molar-refractivity contribution in [3.8, 4) is 0 Å². The van der Waals surface area contributed by atoms with E-state index in [-0.39, 0.29) is 0 Å². The molecular weight excluding hydrogens is 238 g/mol. The third-order valence-electron chi connectivity index (χ3n) is 3.11. The van der Waals surface area contributed by atoms with E-state index in [1.165, 1.54) is 5.56 Å². The number of anilines is 1. The van der Waals surface area contributed by atoms with E-state index < -0.39 is 11.3 Å². The molecule has 1 atom stereocenters. The van der Waals surface area contributed by atoms with Crippen LogP contribution in [0.15, 0.2) is 24.3 Å². The molecule has 92 valence electrons. The summed E-state index contributed by atoms with van der Waals surface area (Å²) in [5.74, 6) is -0.951. The number of halogens is 1. The smallest absolute Gasteiger partial charge is 0.323 e. The molecule has 0 spiro atoms. The second-order valence-corrected chi connectivity index (χ2v) is 4.86. The first kappa shape index (κ1) is 12.2. The summed E-state index contributed by atoms with van der Waals surface area (Å²) in [6.45, 7) is 1.25. The largest absolute Gasteiger partial charge is 0.480 e. The molecule has 0 amide bonds. The van der Waals surface area contributed by atoms with Gasteiger partial charge in [-0.15, -0.1) is 11.6 Å². The number of alkyl halides is 1. The standard InChI is InChI=1S/C13H16ClNO2/c14-11(13(16)17)9-15-8-4-3-6-10-5-1-2-7-12(10)15/h1-2,5,7,11H,3-4,6,8-9H2,(H,16,17). The van der Waals surface area contributed by atoms with Crippen LogP contribution in [0.3, 0.4) is 0 Å². The van der Waals surface area contributed by atoms with Crippen LogP contribution < -0.4 is 4.90 Å². The van der Waals surface area contributed by atoms with Crippen molar-refractivity contribution in [2.75, 3.05) is 18.0 Å². The van der Waals surface area contributed by atoms with Crippen LogP contribution in [0.2, 0.25) is 0 Å². The second-order valence-electron chi connectivity index (χ2n) is 4.34. The van der Waals surface area contributed by atoms with Crippen LogP contribution in [0.4, 0.5) is 5.69 Å². The molecule has 1 aliphatic heterocycles. The Bertz CT molecular complexity index is 408. The van der Waals surface area contributed by atoms with Crippen molar-refractivity contribution in [1.29, 1.82) is 0 Å². The van der Waals surface area contributed by atoms with E-state index in [1.807, 2.05) is 18.2 Å². The highest BCUT2D eigenvalue weighted by Gasteiger charge is 2.21. The van der Waals surface area contributed by atoms with Crippen molar-refractivity contribution in [2.45, 2.75) is 24.6 Å². The number of fused-ring (bicyclic) bond motifs is 1. The fourth-order valence-electron chi connectivity index (χ4n) is 2.23. The Kier molecular flexibility index (Phi) is 3.89. The average molecular weight is 254 g/mol. The van der Waals surface area contributed by atoms with Crippen LogP contribution in [-0.4, -0.2) is 29.5 Å². The molecule has 0 aromatic heterocycles. The lowest BCUT2D eigenvalue weighted by atomic mass is 10.1. The van der Waals surface area contributed by atoms with E-state index in [4.69, 9.17) is 16.7 Å². The number of para-hydroxylation sites is 1. The molecule has 0 fully saturated rings. The maximum Gasteiger partial charge on any atom is 0.323 e. The minimum absolute atomic E-state index is 0.369. The molecule has 1 heterocycles. The molecule has 17 heavy (non-hydrogen) atoms. The molecule has 0 saturated heterocycles. The number of hydrogen-bond acceptors (Lipinski definition) is 2. The summed E-state index contributed by atoms with van der Waals surface area (Å²) < 4.78 is 0. The Morgan fingerprint density at radius 3 is 2.94 bits per heavy atom. The van der Waals surface area contributed by atoms with Gasteiger partial charge in [0.2, 0.25) is 0 Å². The molecule has 3 nitrogen and oxygen atoms in total. The highest BCUT2D eigenvalue weighted by Crippen LogP contribution is 2.26. The lowest BCUT2D eigenvalue weighted by molar-refractivity contribution is -0.136. The van der Waals surface area contributed by atoms with Gasteiger partial charge in [0.25, 0.3) is 0 Å². The molecule has 1 aliphatic rings. The maximum atomic E-state index is 10.8. The van der Waals surface area contributed by atoms with Gasteiger partial charge in [-0.1, -0.05) is 18.2 Å². The van der Waals surface area contributed by atoms with Gasteiger partial charge in [-0.2, -0.15) is 0 Å². The summed E-state index contributed by atoms with van der Waals surface area (Å²) in [5.41, 5.74) is 2.43. The van der Waals surface area contributed by atoms with Crippen molar-refractivity contribution in [1.82, 2.24) is 0 Å². The zero-order valence-corrected chi connectivity index (χ0v) is 10.4. The lowest BCUT2D eigenvalue weighted by Crippen LogP contribution is -2.34. The molecule has 0 aliphatic carbocycles. The second kappa shape index (κ2) is 5.41. The Morgan fingerprint density at radius 1 is 1.41 bits per heavy atom. The van der Waals surface area contributed by atoms with Gasteiger partial charge in [0.1, 0.15) is 5.38 Å². The monoisotopic (exact) mass is 253 g/mol. The van der Waals surface area contributed by atoms with Gasteiger partial charge in [-0.05, 0) is 30.9 Å². The molecule has 2 rings (SSSR count). The third kappa shape index (κ3) is 2.91. The van der Waals surface area contributed by atoms with Crippen LogP contribution in [0.25, 0.3) is 0 Å². The first-order chi connectivity index (χ1) is 8.18. The van der Waals surface area contributed by atoms with E-state index in [2.05, 4.69) is 11.0 Å². The molecular formula is C13H16ClNO2. The Morgan fingerprint density at radius 2 is 2.18 bits per heavy atom. The van der Waals surface area contributed by atoms with Crippen molar-refractivity contribution in [3.05, 3.63) is 29.8 Å². The summed E-state index contributed by atoms with van der Waals surface area (Å²) >= 11 is 5.83.